The molecule has 0 amide bonds. The number of hydrogen-bond acceptors (Lipinski definition) is 5. The molecule has 28 heavy (non-hydrogen) atoms. The van der Waals surface area contributed by atoms with E-state index in [0.29, 0.717) is 17.5 Å². The van der Waals surface area contributed by atoms with Crippen molar-refractivity contribution in [2.24, 2.45) is 0 Å². The van der Waals surface area contributed by atoms with Crippen LogP contribution in [0.5, 0.6) is 11.5 Å². The van der Waals surface area contributed by atoms with E-state index >= 15 is 0 Å². The van der Waals surface area contributed by atoms with Crippen LogP contribution in [0.3, 0.4) is 0 Å². The fourth-order valence-corrected chi connectivity index (χ4v) is 3.24. The Balaban J connectivity index is 2.05. The second-order valence-corrected chi connectivity index (χ2v) is 6.60. The Bertz CT molecular complexity index is 1030. The molecule has 0 radical (unpaired) electrons. The summed E-state index contributed by atoms with van der Waals surface area (Å²) in [6.07, 6.45) is 2.41. The number of aromatic nitrogens is 2. The zero-order chi connectivity index (χ0) is 20.1. The van der Waals surface area contributed by atoms with Crippen LogP contribution in [0.25, 0.3) is 0 Å². The maximum absolute atomic E-state index is 12.3. The van der Waals surface area contributed by atoms with Crippen LogP contribution >= 0.6 is 11.6 Å². The minimum absolute atomic E-state index is 0.175. The van der Waals surface area contributed by atoms with E-state index in [2.05, 4.69) is 10.3 Å². The summed E-state index contributed by atoms with van der Waals surface area (Å²) in [5, 5.41) is 3.92. The lowest BCUT2D eigenvalue weighted by Gasteiger charge is -2.18. The van der Waals surface area contributed by atoms with Crippen LogP contribution in [0.15, 0.2) is 53.5 Å². The van der Waals surface area contributed by atoms with Crippen molar-refractivity contribution in [3.05, 3.63) is 75.2 Å². The molecule has 6 nitrogen and oxygen atoms in total. The van der Waals surface area contributed by atoms with Crippen molar-refractivity contribution in [2.45, 2.75) is 19.9 Å². The minimum atomic E-state index is -0.437. The monoisotopic (exact) mass is 399 g/mol. The van der Waals surface area contributed by atoms with Crippen molar-refractivity contribution in [2.75, 3.05) is 19.5 Å². The Kier molecular flexibility index (Phi) is 6.21. The van der Waals surface area contributed by atoms with Gasteiger partial charge in [0.05, 0.1) is 27.0 Å². The first kappa shape index (κ1) is 19.8. The van der Waals surface area contributed by atoms with E-state index in [9.17, 15) is 4.79 Å². The Labute approximate surface area is 168 Å². The minimum Gasteiger partial charge on any atom is -0.496 e. The van der Waals surface area contributed by atoms with Crippen molar-refractivity contribution < 1.29 is 9.47 Å². The van der Waals surface area contributed by atoms with Gasteiger partial charge in [0.25, 0.3) is 0 Å². The lowest BCUT2D eigenvalue weighted by Crippen LogP contribution is -2.19. The van der Waals surface area contributed by atoms with Crippen molar-refractivity contribution in [1.29, 1.82) is 0 Å². The lowest BCUT2D eigenvalue weighted by atomic mass is 10.1. The van der Waals surface area contributed by atoms with Crippen LogP contribution in [0.2, 0.25) is 5.02 Å². The summed E-state index contributed by atoms with van der Waals surface area (Å²) < 4.78 is 12.4. The fourth-order valence-electron chi connectivity index (χ4n) is 3.02. The number of rotatable bonds is 7. The second kappa shape index (κ2) is 8.80. The summed E-state index contributed by atoms with van der Waals surface area (Å²) in [5.41, 5.74) is 2.38. The van der Waals surface area contributed by atoms with Crippen molar-refractivity contribution >= 4 is 23.2 Å². The highest BCUT2D eigenvalue weighted by molar-refractivity contribution is 6.30. The maximum Gasteiger partial charge on any atom is 0.316 e. The highest BCUT2D eigenvalue weighted by Gasteiger charge is 2.13. The largest absolute Gasteiger partial charge is 0.496 e. The predicted molar refractivity (Wildman–Crippen MR) is 111 cm³/mol. The summed E-state index contributed by atoms with van der Waals surface area (Å²) in [5.74, 6) is 1.37. The molecular formula is C21H22ClN3O3. The van der Waals surface area contributed by atoms with Gasteiger partial charge in [-0.1, -0.05) is 36.7 Å². The SMILES string of the molecule is CCc1c(Nc2nc(=O)c(OC)cn2Cc2cccc(Cl)c2)cccc1OC. The number of ether oxygens (including phenoxy) is 2. The molecule has 0 aliphatic rings. The zero-order valence-corrected chi connectivity index (χ0v) is 16.8. The molecule has 7 heteroatoms. The summed E-state index contributed by atoms with van der Waals surface area (Å²) in [4.78, 5) is 16.4. The van der Waals surface area contributed by atoms with Crippen molar-refractivity contribution in [1.82, 2.24) is 9.55 Å². The van der Waals surface area contributed by atoms with E-state index in [-0.39, 0.29) is 5.75 Å². The molecule has 3 rings (SSSR count). The van der Waals surface area contributed by atoms with Gasteiger partial charge in [0.15, 0.2) is 0 Å². The molecule has 0 saturated carbocycles. The maximum atomic E-state index is 12.3. The Morgan fingerprint density at radius 3 is 2.54 bits per heavy atom. The third-order valence-corrected chi connectivity index (χ3v) is 4.61. The normalized spacial score (nSPS) is 10.6. The number of methoxy groups -OCH3 is 2. The standard InChI is InChI=1S/C21H22ClN3O3/c1-4-16-17(9-6-10-18(16)27-2)23-21-24-20(26)19(28-3)13-25(21)12-14-7-5-8-15(22)11-14/h5-11,13H,4,12H2,1-3H3,(H,23,24,26). The summed E-state index contributed by atoms with van der Waals surface area (Å²) in [6, 6.07) is 13.3. The van der Waals surface area contributed by atoms with Crippen molar-refractivity contribution in [3.8, 4) is 11.5 Å². The van der Waals surface area contributed by atoms with Crippen LogP contribution in [-0.4, -0.2) is 23.8 Å². The number of halogens is 1. The van der Waals surface area contributed by atoms with Gasteiger partial charge < -0.3 is 19.4 Å². The van der Waals surface area contributed by atoms with Crippen molar-refractivity contribution in [3.63, 3.8) is 0 Å². The van der Waals surface area contributed by atoms with Gasteiger partial charge in [-0.15, -0.1) is 0 Å². The molecule has 1 N–H and O–H groups in total. The van der Waals surface area contributed by atoms with Crippen LogP contribution in [0.4, 0.5) is 11.6 Å². The average molecular weight is 400 g/mol. The highest BCUT2D eigenvalue weighted by Crippen LogP contribution is 2.29. The molecule has 1 aromatic heterocycles. The molecule has 1 heterocycles. The van der Waals surface area contributed by atoms with E-state index in [0.717, 1.165) is 29.0 Å². The van der Waals surface area contributed by atoms with Gasteiger partial charge in [0, 0.05) is 16.3 Å². The summed E-state index contributed by atoms with van der Waals surface area (Å²) in [6.45, 7) is 2.52. The molecule has 0 fully saturated rings. The van der Waals surface area contributed by atoms with Gasteiger partial charge in [-0.2, -0.15) is 4.98 Å². The van der Waals surface area contributed by atoms with Gasteiger partial charge in [-0.3, -0.25) is 4.79 Å². The molecule has 0 spiro atoms. The summed E-state index contributed by atoms with van der Waals surface area (Å²) in [7, 11) is 3.09. The van der Waals surface area contributed by atoms with E-state index < -0.39 is 5.56 Å². The third kappa shape index (κ3) is 4.28. The molecule has 0 aliphatic carbocycles. The first-order chi connectivity index (χ1) is 13.5. The van der Waals surface area contributed by atoms with Gasteiger partial charge in [-0.05, 0) is 36.2 Å². The Morgan fingerprint density at radius 1 is 1.11 bits per heavy atom. The number of nitrogens with zero attached hydrogens (tertiary/aromatic N) is 2. The molecule has 0 unspecified atom stereocenters. The number of hydrogen-bond donors (Lipinski definition) is 1. The molecule has 0 saturated heterocycles. The van der Waals surface area contributed by atoms with Gasteiger partial charge in [0.1, 0.15) is 5.75 Å². The fraction of sp³-hybridized carbons (Fsp3) is 0.238. The van der Waals surface area contributed by atoms with Gasteiger partial charge in [0.2, 0.25) is 11.7 Å². The van der Waals surface area contributed by atoms with Crippen LogP contribution in [0, 0.1) is 0 Å². The van der Waals surface area contributed by atoms with E-state index in [1.807, 2.05) is 54.0 Å². The van der Waals surface area contributed by atoms with Gasteiger partial charge in [-0.25, -0.2) is 0 Å². The zero-order valence-electron chi connectivity index (χ0n) is 16.0. The first-order valence-electron chi connectivity index (χ1n) is 8.88. The van der Waals surface area contributed by atoms with Crippen LogP contribution < -0.4 is 20.3 Å². The van der Waals surface area contributed by atoms with E-state index in [4.69, 9.17) is 21.1 Å². The summed E-state index contributed by atoms with van der Waals surface area (Å²) >= 11 is 6.11. The number of anilines is 2. The molecule has 146 valence electrons. The number of benzene rings is 2. The third-order valence-electron chi connectivity index (χ3n) is 4.38. The van der Waals surface area contributed by atoms with E-state index in [1.165, 1.54) is 7.11 Å². The smallest absolute Gasteiger partial charge is 0.316 e. The van der Waals surface area contributed by atoms with E-state index in [1.54, 1.807) is 13.3 Å². The van der Waals surface area contributed by atoms with Crippen LogP contribution in [-0.2, 0) is 13.0 Å². The first-order valence-corrected chi connectivity index (χ1v) is 9.26. The lowest BCUT2D eigenvalue weighted by molar-refractivity contribution is 0.402. The molecule has 3 aromatic rings. The molecule has 2 aromatic carbocycles. The number of nitrogens with one attached hydrogen (secondary N) is 1. The topological polar surface area (TPSA) is 65.4 Å². The molecular weight excluding hydrogens is 378 g/mol. The quantitative estimate of drug-likeness (QED) is 0.642. The average Bonchev–Trinajstić information content (AvgIpc) is 2.69. The second-order valence-electron chi connectivity index (χ2n) is 6.16. The molecule has 0 aliphatic heterocycles. The molecule has 0 bridgehead atoms. The van der Waals surface area contributed by atoms with Crippen LogP contribution in [0.1, 0.15) is 18.1 Å². The Hall–Kier alpha value is -2.99. The highest BCUT2D eigenvalue weighted by atomic mass is 35.5. The molecule has 0 atom stereocenters. The Morgan fingerprint density at radius 2 is 1.86 bits per heavy atom. The van der Waals surface area contributed by atoms with Gasteiger partial charge >= 0.3 is 5.56 Å². The predicted octanol–water partition coefficient (Wildman–Crippen LogP) is 4.27.